The van der Waals surface area contributed by atoms with Gasteiger partial charge in [0, 0.05) is 5.57 Å². The van der Waals surface area contributed by atoms with Gasteiger partial charge in [-0.15, -0.1) is 0 Å². The van der Waals surface area contributed by atoms with Gasteiger partial charge in [-0.05, 0) is 503 Å². The summed E-state index contributed by atoms with van der Waals surface area (Å²) in [5.74, 6) is -0.308. The summed E-state index contributed by atoms with van der Waals surface area (Å²) in [5, 5.41) is 0. The van der Waals surface area contributed by atoms with Crippen molar-refractivity contribution in [2.24, 2.45) is 0 Å². The quantitative estimate of drug-likeness (QED) is 0.0238. The maximum absolute atomic E-state index is 11.9. The molecule has 24 nitrogen and oxygen atoms in total. The smallest absolute Gasteiger partial charge is 0.333 e. The Hall–Kier alpha value is 4.84. The van der Waals surface area contributed by atoms with Gasteiger partial charge in [-0.3, -0.25) is 0 Å². The standard InChI is InChI=1S/C82H222O24Si30/c1-81(2)82(83)84-65-64-66-108(6,7)86-109(8,9)67-68-110(10,11)87-111(12,13)69-70-112(14,15)88-113(16,17)71-72-114(18,19)89-115(20,21)73-74-116(22,23)90-117(24,25)75-76-118(26,27)91-119(28,29)77-78-120(30,31)92-121(32,33)79-80-122(34,35)93-124(38,39)95-126(42,43)97-128(46,47)99-130(50,51)101-132(54,55)103-134(58,59)105-136(62,63)106-135(60,61)104-133(56,57)102-131(52,53)100-129(48,49)98-127(44,45)96-125(40,41)94-123(36,37)85-107(3,4)5/h1,64-80H2,2-63H3. The number of rotatable bonds is 70. The molecule has 814 valence electrons. The third-order valence-corrected chi connectivity index (χ3v) is 138. The molecule has 0 saturated heterocycles. The van der Waals surface area contributed by atoms with Crippen molar-refractivity contribution in [3.05, 3.63) is 12.2 Å². The fourth-order valence-corrected chi connectivity index (χ4v) is 183. The highest BCUT2D eigenvalue weighted by atomic mass is 28.6. The molecule has 0 rings (SSSR count). The van der Waals surface area contributed by atoms with Crippen LogP contribution in [-0.2, 0) is 100 Å². The first-order valence-electron chi connectivity index (χ1n) is 51.1. The molecule has 0 aliphatic rings. The SMILES string of the molecule is C=C(C)C(=O)OCCC[Si](C)(C)O[Si](C)(C)CC[Si](C)(C)O[Si](C)(C)CC[Si](C)(C)O[Si](C)(C)CC[Si](C)(C)O[Si](C)(C)CC[Si](C)(C)O[Si](C)(C)CC[Si](C)(C)O[Si](C)(C)CC[Si](C)(C)O[Si](C)(C)CC[Si](C)(C)O[Si](C)(C)O[Si](C)(C)O[Si](C)(C)O[Si](C)(C)O[Si](C)(C)O[Si](C)(C)O[Si](C)(C)O[Si](C)(C)O[Si](C)(C)O[Si](C)(C)O[Si](C)(C)O[Si](C)(C)O[Si](C)(C)O[Si](C)(C)O[Si](C)(C)C. The Morgan fingerprint density at radius 3 is 0.375 bits per heavy atom. The average Bonchev–Trinajstić information content (AvgIpc) is 0.797. The lowest BCUT2D eigenvalue weighted by Gasteiger charge is -2.45. The highest BCUT2D eigenvalue weighted by Crippen LogP contribution is 2.41. The molecule has 0 heterocycles. The molecule has 0 saturated carbocycles. The van der Waals surface area contributed by atoms with Gasteiger partial charge in [0.2, 0.25) is 0 Å². The lowest BCUT2D eigenvalue weighted by Crippen LogP contribution is -2.63. The Kier molecular flexibility index (Phi) is 52.4. The minimum absolute atomic E-state index is 0.308. The second kappa shape index (κ2) is 50.6. The number of ether oxygens (including phenoxy) is 1. The van der Waals surface area contributed by atoms with Crippen molar-refractivity contribution in [1.82, 2.24) is 0 Å². The fraction of sp³-hybridized carbons (Fsp3) is 0.963. The number of esters is 1. The average molecular weight is 2440 g/mol. The Balaban J connectivity index is 5.64. The minimum atomic E-state index is -2.88. The zero-order chi connectivity index (χ0) is 108. The minimum Gasteiger partial charge on any atom is -0.462 e. The van der Waals surface area contributed by atoms with E-state index in [1.807, 2.05) is 0 Å². The zero-order valence-electron chi connectivity index (χ0n) is 101. The van der Waals surface area contributed by atoms with Crippen molar-refractivity contribution in [3.8, 4) is 0 Å². The molecular formula is C82H222O24Si30. The molecule has 0 atom stereocenters. The molecule has 0 aromatic carbocycles. The van der Waals surface area contributed by atoms with E-state index in [1.165, 1.54) is 0 Å². The molecule has 0 aromatic heterocycles. The summed E-state index contributed by atoms with van der Waals surface area (Å²) in [6.07, 6.45) is 0.829. The molecule has 0 aromatic rings. The maximum Gasteiger partial charge on any atom is 0.333 e. The summed E-state index contributed by atoms with van der Waals surface area (Å²) in [5.41, 5.74) is 0.446. The van der Waals surface area contributed by atoms with Gasteiger partial charge in [0.15, 0.2) is 133 Å². The van der Waals surface area contributed by atoms with Crippen molar-refractivity contribution < 1.29 is 100 Å². The van der Waals surface area contributed by atoms with Crippen LogP contribution in [0.3, 0.4) is 0 Å². The molecule has 0 fully saturated rings. The Morgan fingerprint density at radius 1 is 0.154 bits per heavy atom. The number of carbonyl (C=O) groups excluding carboxylic acids is 1. The van der Waals surface area contributed by atoms with Gasteiger partial charge >= 0.3 is 126 Å². The predicted molar refractivity (Wildman–Crippen MR) is 657 cm³/mol. The molecule has 0 amide bonds. The fourth-order valence-electron chi connectivity index (χ4n) is 20.4. The van der Waals surface area contributed by atoms with Crippen molar-refractivity contribution >= 4 is 259 Å². The van der Waals surface area contributed by atoms with Crippen LogP contribution in [0.2, 0.25) is 490 Å². The van der Waals surface area contributed by atoms with E-state index >= 15 is 0 Å². The molecule has 0 bridgehead atoms. The highest BCUT2D eigenvalue weighted by molar-refractivity contribution is 6.98. The van der Waals surface area contributed by atoms with Crippen LogP contribution < -0.4 is 0 Å². The summed E-state index contributed by atoms with van der Waals surface area (Å²) in [6.45, 7) is 144. The van der Waals surface area contributed by atoms with Gasteiger partial charge < -0.3 is 95.3 Å². The van der Waals surface area contributed by atoms with Crippen molar-refractivity contribution in [2.75, 3.05) is 6.61 Å². The molecule has 0 radical (unpaired) electrons. The van der Waals surface area contributed by atoms with Crippen LogP contribution in [0.5, 0.6) is 0 Å². The van der Waals surface area contributed by atoms with E-state index in [1.54, 1.807) is 6.92 Å². The van der Waals surface area contributed by atoms with Crippen molar-refractivity contribution in [2.45, 2.75) is 503 Å². The molecule has 0 aliphatic carbocycles. The van der Waals surface area contributed by atoms with E-state index in [2.05, 4.69) is 406 Å². The second-order valence-electron chi connectivity index (χ2n) is 55.9. The lowest BCUT2D eigenvalue weighted by molar-refractivity contribution is -0.139. The first-order chi connectivity index (χ1) is 58.8. The lowest BCUT2D eigenvalue weighted by atomic mass is 10.4. The van der Waals surface area contributed by atoms with Gasteiger partial charge in [0.05, 0.1) is 6.61 Å². The van der Waals surface area contributed by atoms with Gasteiger partial charge in [0.25, 0.3) is 0 Å². The van der Waals surface area contributed by atoms with E-state index in [0.29, 0.717) is 12.2 Å². The van der Waals surface area contributed by atoms with Gasteiger partial charge in [-0.2, -0.15) is 0 Å². The van der Waals surface area contributed by atoms with Crippen LogP contribution in [0, 0.1) is 0 Å². The van der Waals surface area contributed by atoms with Gasteiger partial charge in [-0.1, -0.05) is 6.58 Å². The first-order valence-corrected chi connectivity index (χ1v) is 141. The molecular weight excluding hydrogens is 2210 g/mol. The van der Waals surface area contributed by atoms with Gasteiger partial charge in [-0.25, -0.2) is 4.79 Å². The monoisotopic (exact) mass is 2430 g/mol. The van der Waals surface area contributed by atoms with Crippen LogP contribution in [0.4, 0.5) is 0 Å². The topological polar surface area (TPSA) is 229 Å². The molecule has 0 aliphatic heterocycles. The summed E-state index contributed by atoms with van der Waals surface area (Å²) in [7, 11) is -70.7. The van der Waals surface area contributed by atoms with E-state index in [9.17, 15) is 4.79 Å². The predicted octanol–water partition coefficient (Wildman–Crippen LogP) is 30.6. The third kappa shape index (κ3) is 67.4. The van der Waals surface area contributed by atoms with Crippen molar-refractivity contribution in [1.29, 1.82) is 0 Å². The van der Waals surface area contributed by atoms with E-state index in [4.69, 9.17) is 95.3 Å². The van der Waals surface area contributed by atoms with E-state index in [-0.39, 0.29) is 5.97 Å². The third-order valence-electron chi connectivity index (χ3n) is 22.1. The number of hydrogen-bond acceptors (Lipinski definition) is 24. The van der Waals surface area contributed by atoms with E-state index < -0.39 is 253 Å². The van der Waals surface area contributed by atoms with Crippen LogP contribution in [-0.4, -0.2) is 266 Å². The van der Waals surface area contributed by atoms with Crippen LogP contribution in [0.1, 0.15) is 13.3 Å². The molecule has 54 heteroatoms. The van der Waals surface area contributed by atoms with Crippen molar-refractivity contribution in [3.63, 3.8) is 0 Å². The summed E-state index contributed by atoms with van der Waals surface area (Å²) >= 11 is 0. The Morgan fingerprint density at radius 2 is 0.257 bits per heavy atom. The largest absolute Gasteiger partial charge is 0.462 e. The number of carbonyl (C=O) groups is 1. The van der Waals surface area contributed by atoms with Crippen LogP contribution >= 0.6 is 0 Å². The highest BCUT2D eigenvalue weighted by Gasteiger charge is 2.56. The first kappa shape index (κ1) is 141. The Bertz CT molecular complexity index is 3700. The molecule has 136 heavy (non-hydrogen) atoms. The summed E-state index contributed by atoms with van der Waals surface area (Å²) in [6, 6.07) is 16.7. The zero-order valence-corrected chi connectivity index (χ0v) is 131. The summed E-state index contributed by atoms with van der Waals surface area (Å²) < 4.78 is 161. The van der Waals surface area contributed by atoms with Crippen LogP contribution in [0.25, 0.3) is 0 Å². The van der Waals surface area contributed by atoms with Gasteiger partial charge in [0.1, 0.15) is 0 Å². The van der Waals surface area contributed by atoms with Crippen LogP contribution in [0.15, 0.2) is 12.2 Å². The summed E-state index contributed by atoms with van der Waals surface area (Å²) in [4.78, 5) is 11.9. The normalized spacial score (nSPS) is 15.8. The molecule has 0 unspecified atom stereocenters. The maximum atomic E-state index is 11.9. The molecule has 0 N–H and O–H groups in total. The van der Waals surface area contributed by atoms with E-state index in [0.717, 1.165) is 97.1 Å². The number of hydrogen-bond donors (Lipinski definition) is 0. The second-order valence-corrected chi connectivity index (χ2v) is 178. The Labute approximate surface area is 872 Å². The molecule has 0 spiro atoms.